The van der Waals surface area contributed by atoms with Crippen LogP contribution in [0.5, 0.6) is 0 Å². The fourth-order valence-electron chi connectivity index (χ4n) is 4.03. The van der Waals surface area contributed by atoms with Gasteiger partial charge in [-0.3, -0.25) is 0 Å². The Morgan fingerprint density at radius 1 is 1.18 bits per heavy atom. The largest absolute Gasteiger partial charge is 0.445 e. The number of hydrogen-bond donors (Lipinski definition) is 1. The Labute approximate surface area is 174 Å². The predicted molar refractivity (Wildman–Crippen MR) is 115 cm³/mol. The molecule has 6 heteroatoms. The van der Waals surface area contributed by atoms with Gasteiger partial charge in [-0.25, -0.2) is 4.79 Å². The maximum Gasteiger partial charge on any atom is 0.410 e. The van der Waals surface area contributed by atoms with Crippen LogP contribution in [-0.4, -0.2) is 43.2 Å². The molecule has 1 atom stereocenters. The first kappa shape index (κ1) is 19.3. The van der Waals surface area contributed by atoms with Gasteiger partial charge in [-0.2, -0.15) is 0 Å². The van der Waals surface area contributed by atoms with Crippen molar-refractivity contribution in [2.24, 2.45) is 0 Å². The quantitative estimate of drug-likeness (QED) is 0.779. The maximum absolute atomic E-state index is 12.7. The minimum Gasteiger partial charge on any atom is -0.445 e. The standard InChI is InChI=1S/C22H26BrN3O2/c1-16-13-25(12-10-24-16)21-8-7-20(23)18-9-11-26(14-19(18)21)22(27)28-15-17-5-3-2-4-6-17/h2-8,16,24H,9-15H2,1H3/t16-/m1/s1. The van der Waals surface area contributed by atoms with E-state index >= 15 is 0 Å². The van der Waals surface area contributed by atoms with Crippen LogP contribution < -0.4 is 10.2 Å². The number of rotatable bonds is 3. The van der Waals surface area contributed by atoms with E-state index in [1.807, 2.05) is 35.2 Å². The van der Waals surface area contributed by atoms with Crippen LogP contribution in [0, 0.1) is 0 Å². The molecular formula is C22H26BrN3O2. The van der Waals surface area contributed by atoms with Gasteiger partial charge in [0.2, 0.25) is 0 Å². The topological polar surface area (TPSA) is 44.8 Å². The van der Waals surface area contributed by atoms with Crippen LogP contribution in [0.25, 0.3) is 0 Å². The third-order valence-corrected chi connectivity index (χ3v) is 6.25. The van der Waals surface area contributed by atoms with Gasteiger partial charge in [-0.05, 0) is 42.2 Å². The summed E-state index contributed by atoms with van der Waals surface area (Å²) in [6, 6.07) is 14.6. The third-order valence-electron chi connectivity index (χ3n) is 5.50. The van der Waals surface area contributed by atoms with E-state index in [1.165, 1.54) is 16.8 Å². The van der Waals surface area contributed by atoms with Gasteiger partial charge in [0.25, 0.3) is 0 Å². The summed E-state index contributed by atoms with van der Waals surface area (Å²) in [4.78, 5) is 16.9. The van der Waals surface area contributed by atoms with Crippen LogP contribution in [0.2, 0.25) is 0 Å². The molecule has 0 aliphatic carbocycles. The van der Waals surface area contributed by atoms with Crippen molar-refractivity contribution in [1.82, 2.24) is 10.2 Å². The van der Waals surface area contributed by atoms with Gasteiger partial charge in [0.15, 0.2) is 0 Å². The van der Waals surface area contributed by atoms with E-state index in [1.54, 1.807) is 0 Å². The van der Waals surface area contributed by atoms with Crippen molar-refractivity contribution in [1.29, 1.82) is 0 Å². The smallest absolute Gasteiger partial charge is 0.410 e. The lowest BCUT2D eigenvalue weighted by atomic mass is 9.97. The summed E-state index contributed by atoms with van der Waals surface area (Å²) in [6.07, 6.45) is 0.598. The van der Waals surface area contributed by atoms with Gasteiger partial charge in [0.1, 0.15) is 6.61 Å². The van der Waals surface area contributed by atoms with E-state index in [-0.39, 0.29) is 6.09 Å². The van der Waals surface area contributed by atoms with Crippen LogP contribution in [0.15, 0.2) is 46.9 Å². The van der Waals surface area contributed by atoms with Gasteiger partial charge < -0.3 is 19.9 Å². The zero-order valence-corrected chi connectivity index (χ0v) is 17.7. The molecule has 2 heterocycles. The number of piperazine rings is 1. The Morgan fingerprint density at radius 3 is 2.79 bits per heavy atom. The monoisotopic (exact) mass is 443 g/mol. The molecule has 4 rings (SSSR count). The number of benzene rings is 2. The van der Waals surface area contributed by atoms with Crippen LogP contribution >= 0.6 is 15.9 Å². The van der Waals surface area contributed by atoms with Crippen molar-refractivity contribution in [3.05, 3.63) is 63.6 Å². The molecule has 2 aliphatic rings. The Balaban J connectivity index is 1.50. The molecule has 0 radical (unpaired) electrons. The summed E-state index contributed by atoms with van der Waals surface area (Å²) in [5, 5.41) is 3.50. The van der Waals surface area contributed by atoms with E-state index in [9.17, 15) is 4.79 Å². The molecule has 2 aliphatic heterocycles. The van der Waals surface area contributed by atoms with E-state index in [0.29, 0.717) is 25.7 Å². The first-order valence-electron chi connectivity index (χ1n) is 9.86. The molecule has 0 spiro atoms. The molecule has 28 heavy (non-hydrogen) atoms. The van der Waals surface area contributed by atoms with Gasteiger partial charge in [-0.15, -0.1) is 0 Å². The molecule has 148 valence electrons. The zero-order valence-electron chi connectivity index (χ0n) is 16.2. The molecule has 0 aromatic heterocycles. The first-order chi connectivity index (χ1) is 13.6. The Kier molecular flexibility index (Phi) is 5.87. The number of carbonyl (C=O) groups excluding carboxylic acids is 1. The number of carbonyl (C=O) groups is 1. The highest BCUT2D eigenvalue weighted by atomic mass is 79.9. The number of halogens is 1. The summed E-state index contributed by atoms with van der Waals surface area (Å²) in [7, 11) is 0. The third kappa shape index (κ3) is 4.18. The Bertz CT molecular complexity index is 843. The average Bonchev–Trinajstić information content (AvgIpc) is 2.73. The molecule has 5 nitrogen and oxygen atoms in total. The zero-order chi connectivity index (χ0) is 19.5. The Hall–Kier alpha value is -2.05. The molecule has 1 fully saturated rings. The number of ether oxygens (including phenoxy) is 1. The summed E-state index contributed by atoms with van der Waals surface area (Å²) >= 11 is 3.70. The maximum atomic E-state index is 12.7. The molecule has 1 saturated heterocycles. The average molecular weight is 444 g/mol. The minimum atomic E-state index is -0.242. The summed E-state index contributed by atoms with van der Waals surface area (Å²) in [5.41, 5.74) is 4.81. The second-order valence-electron chi connectivity index (χ2n) is 7.54. The highest BCUT2D eigenvalue weighted by molar-refractivity contribution is 9.10. The number of amides is 1. The summed E-state index contributed by atoms with van der Waals surface area (Å²) in [6.45, 7) is 6.74. The SMILES string of the molecule is C[C@@H]1CN(c2ccc(Br)c3c2CN(C(=O)OCc2ccccc2)CC3)CCN1. The van der Waals surface area contributed by atoms with Crippen molar-refractivity contribution < 1.29 is 9.53 Å². The number of nitrogens with zero attached hydrogens (tertiary/aromatic N) is 2. The molecule has 0 bridgehead atoms. The van der Waals surface area contributed by atoms with E-state index < -0.39 is 0 Å². The van der Waals surface area contributed by atoms with Crippen LogP contribution in [0.3, 0.4) is 0 Å². The molecule has 0 saturated carbocycles. The van der Waals surface area contributed by atoms with Crippen molar-refractivity contribution in [3.63, 3.8) is 0 Å². The highest BCUT2D eigenvalue weighted by Gasteiger charge is 2.28. The number of anilines is 1. The van der Waals surface area contributed by atoms with E-state index in [2.05, 4.69) is 45.2 Å². The molecule has 1 amide bonds. The van der Waals surface area contributed by atoms with Crippen LogP contribution in [0.1, 0.15) is 23.6 Å². The molecular weight excluding hydrogens is 418 g/mol. The summed E-state index contributed by atoms with van der Waals surface area (Å²) < 4.78 is 6.70. The highest BCUT2D eigenvalue weighted by Crippen LogP contribution is 2.35. The second kappa shape index (κ2) is 8.53. The lowest BCUT2D eigenvalue weighted by Gasteiger charge is -2.38. The predicted octanol–water partition coefficient (Wildman–Crippen LogP) is 3.94. The second-order valence-corrected chi connectivity index (χ2v) is 8.39. The Morgan fingerprint density at radius 2 is 2.00 bits per heavy atom. The van der Waals surface area contributed by atoms with Crippen LogP contribution in [0.4, 0.5) is 10.5 Å². The van der Waals surface area contributed by atoms with Gasteiger partial charge in [0, 0.05) is 42.4 Å². The fraction of sp³-hybridized carbons (Fsp3) is 0.409. The van der Waals surface area contributed by atoms with Crippen molar-refractivity contribution in [2.75, 3.05) is 31.1 Å². The van der Waals surface area contributed by atoms with Crippen molar-refractivity contribution >= 4 is 27.7 Å². The molecule has 0 unspecified atom stereocenters. The minimum absolute atomic E-state index is 0.242. The fourth-order valence-corrected chi connectivity index (χ4v) is 4.60. The number of hydrogen-bond acceptors (Lipinski definition) is 4. The van der Waals surface area contributed by atoms with Gasteiger partial charge in [-0.1, -0.05) is 46.3 Å². The van der Waals surface area contributed by atoms with Gasteiger partial charge in [0.05, 0.1) is 6.54 Å². The van der Waals surface area contributed by atoms with Crippen molar-refractivity contribution in [2.45, 2.75) is 32.5 Å². The van der Waals surface area contributed by atoms with E-state index in [4.69, 9.17) is 4.74 Å². The van der Waals surface area contributed by atoms with E-state index in [0.717, 1.165) is 36.1 Å². The number of nitrogens with one attached hydrogen (secondary N) is 1. The molecule has 2 aromatic carbocycles. The van der Waals surface area contributed by atoms with Crippen molar-refractivity contribution in [3.8, 4) is 0 Å². The molecule has 2 aromatic rings. The summed E-state index contributed by atoms with van der Waals surface area (Å²) in [5.74, 6) is 0. The lowest BCUT2D eigenvalue weighted by molar-refractivity contribution is 0.0918. The molecule has 1 N–H and O–H groups in total. The normalized spacial score (nSPS) is 19.3. The lowest BCUT2D eigenvalue weighted by Crippen LogP contribution is -2.50. The van der Waals surface area contributed by atoms with Crippen LogP contribution in [-0.2, 0) is 24.3 Å². The van der Waals surface area contributed by atoms with Gasteiger partial charge >= 0.3 is 6.09 Å². The first-order valence-corrected chi connectivity index (χ1v) is 10.7. The number of fused-ring (bicyclic) bond motifs is 1.